The smallest absolute Gasteiger partial charge is 0.249 e. The third kappa shape index (κ3) is 5.72. The molecule has 2 aliphatic rings. The van der Waals surface area contributed by atoms with Crippen LogP contribution in [0, 0.1) is 0 Å². The summed E-state index contributed by atoms with van der Waals surface area (Å²) in [5.74, 6) is 0.943. The fourth-order valence-corrected chi connectivity index (χ4v) is 3.16. The van der Waals surface area contributed by atoms with E-state index < -0.39 is 0 Å². The van der Waals surface area contributed by atoms with E-state index in [4.69, 9.17) is 14.2 Å². The van der Waals surface area contributed by atoms with Gasteiger partial charge in [-0.25, -0.2) is 0 Å². The summed E-state index contributed by atoms with van der Waals surface area (Å²) in [6.45, 7) is 4.75. The molecule has 138 valence electrons. The Bertz CT molecular complexity index is 535. The summed E-state index contributed by atoms with van der Waals surface area (Å²) in [5, 5.41) is 0. The summed E-state index contributed by atoms with van der Waals surface area (Å²) in [6, 6.07) is 8.36. The number of nitrogens with zero attached hydrogens (tertiary/aromatic N) is 1. The van der Waals surface area contributed by atoms with E-state index in [0.29, 0.717) is 25.8 Å². The topological polar surface area (TPSA) is 48.0 Å². The zero-order valence-electron chi connectivity index (χ0n) is 15.1. The first kappa shape index (κ1) is 18.2. The molecule has 0 spiro atoms. The predicted octanol–water partition coefficient (Wildman–Crippen LogP) is 3.16. The van der Waals surface area contributed by atoms with Crippen molar-refractivity contribution >= 4 is 5.91 Å². The number of amides is 1. The number of carbonyl (C=O) groups excluding carboxylic acids is 1. The van der Waals surface area contributed by atoms with Gasteiger partial charge in [-0.05, 0) is 56.7 Å². The highest BCUT2D eigenvalue weighted by Crippen LogP contribution is 2.29. The number of ether oxygens (including phenoxy) is 3. The number of hydrogen-bond acceptors (Lipinski definition) is 4. The quantitative estimate of drug-likeness (QED) is 0.688. The second-order valence-electron chi connectivity index (χ2n) is 6.83. The van der Waals surface area contributed by atoms with Crippen LogP contribution in [0.3, 0.4) is 0 Å². The minimum Gasteiger partial charge on any atom is -0.494 e. The van der Waals surface area contributed by atoms with Crippen molar-refractivity contribution in [1.29, 1.82) is 0 Å². The van der Waals surface area contributed by atoms with Crippen molar-refractivity contribution in [1.82, 2.24) is 4.90 Å². The van der Waals surface area contributed by atoms with Crippen LogP contribution in [0.5, 0.6) is 5.75 Å². The van der Waals surface area contributed by atoms with E-state index in [0.717, 1.165) is 43.6 Å². The monoisotopic (exact) mass is 347 g/mol. The SMILES string of the molecule is CCOc1ccc(CN(C(=O)COCC2CCCCO2)C2CC2)cc1. The van der Waals surface area contributed by atoms with Crippen LogP contribution in [0.4, 0.5) is 0 Å². The first-order chi connectivity index (χ1) is 12.3. The van der Waals surface area contributed by atoms with Crippen LogP contribution < -0.4 is 4.74 Å². The zero-order valence-corrected chi connectivity index (χ0v) is 15.1. The van der Waals surface area contributed by atoms with Crippen molar-refractivity contribution in [2.75, 3.05) is 26.4 Å². The van der Waals surface area contributed by atoms with Gasteiger partial charge >= 0.3 is 0 Å². The highest BCUT2D eigenvalue weighted by atomic mass is 16.5. The summed E-state index contributed by atoms with van der Waals surface area (Å²) in [7, 11) is 0. The minimum atomic E-state index is 0.0761. The second kappa shape index (κ2) is 9.20. The van der Waals surface area contributed by atoms with E-state index >= 15 is 0 Å². The molecule has 1 saturated carbocycles. The molecule has 5 heteroatoms. The molecular weight excluding hydrogens is 318 g/mol. The van der Waals surface area contributed by atoms with Gasteiger partial charge in [0.1, 0.15) is 12.4 Å². The maximum Gasteiger partial charge on any atom is 0.249 e. The van der Waals surface area contributed by atoms with E-state index in [1.54, 1.807) is 0 Å². The molecule has 1 aromatic carbocycles. The Hall–Kier alpha value is -1.59. The number of carbonyl (C=O) groups is 1. The number of benzene rings is 1. The van der Waals surface area contributed by atoms with Gasteiger partial charge in [0, 0.05) is 19.2 Å². The van der Waals surface area contributed by atoms with Crippen molar-refractivity contribution in [3.05, 3.63) is 29.8 Å². The van der Waals surface area contributed by atoms with Crippen molar-refractivity contribution in [3.8, 4) is 5.75 Å². The lowest BCUT2D eigenvalue weighted by Crippen LogP contribution is -2.36. The largest absolute Gasteiger partial charge is 0.494 e. The van der Waals surface area contributed by atoms with Crippen LogP contribution in [-0.2, 0) is 20.8 Å². The fourth-order valence-electron chi connectivity index (χ4n) is 3.16. The maximum absolute atomic E-state index is 12.6. The van der Waals surface area contributed by atoms with E-state index in [-0.39, 0.29) is 18.6 Å². The molecule has 0 aromatic heterocycles. The zero-order chi connectivity index (χ0) is 17.5. The molecule has 3 rings (SSSR count). The second-order valence-corrected chi connectivity index (χ2v) is 6.83. The van der Waals surface area contributed by atoms with Crippen molar-refractivity contribution in [2.45, 2.75) is 57.7 Å². The van der Waals surface area contributed by atoms with Crippen molar-refractivity contribution in [2.24, 2.45) is 0 Å². The lowest BCUT2D eigenvalue weighted by atomic mass is 10.1. The molecule has 1 atom stereocenters. The van der Waals surface area contributed by atoms with Gasteiger partial charge in [0.15, 0.2) is 0 Å². The van der Waals surface area contributed by atoms with Crippen molar-refractivity contribution < 1.29 is 19.0 Å². The summed E-state index contributed by atoms with van der Waals surface area (Å²) >= 11 is 0. The van der Waals surface area contributed by atoms with Crippen LogP contribution in [0.15, 0.2) is 24.3 Å². The van der Waals surface area contributed by atoms with Gasteiger partial charge in [0.2, 0.25) is 5.91 Å². The summed E-state index contributed by atoms with van der Waals surface area (Å²) in [4.78, 5) is 14.5. The average Bonchev–Trinajstić information content (AvgIpc) is 3.47. The van der Waals surface area contributed by atoms with Crippen LogP contribution in [0.2, 0.25) is 0 Å². The molecule has 5 nitrogen and oxygen atoms in total. The summed E-state index contributed by atoms with van der Waals surface area (Å²) in [5.41, 5.74) is 1.12. The van der Waals surface area contributed by atoms with Gasteiger partial charge in [-0.2, -0.15) is 0 Å². The first-order valence-corrected chi connectivity index (χ1v) is 9.47. The molecule has 0 bridgehead atoms. The molecule has 1 unspecified atom stereocenters. The molecule has 0 N–H and O–H groups in total. The molecule has 1 aromatic rings. The fraction of sp³-hybridized carbons (Fsp3) is 0.650. The van der Waals surface area contributed by atoms with Gasteiger partial charge in [-0.1, -0.05) is 12.1 Å². The average molecular weight is 347 g/mol. The molecule has 0 radical (unpaired) electrons. The number of hydrogen-bond donors (Lipinski definition) is 0. The minimum absolute atomic E-state index is 0.0761. The Kier molecular flexibility index (Phi) is 6.70. The Labute approximate surface area is 150 Å². The third-order valence-corrected chi connectivity index (χ3v) is 4.70. The van der Waals surface area contributed by atoms with Crippen LogP contribution in [0.25, 0.3) is 0 Å². The first-order valence-electron chi connectivity index (χ1n) is 9.47. The summed E-state index contributed by atoms with van der Waals surface area (Å²) < 4.78 is 16.8. The van der Waals surface area contributed by atoms with E-state index in [1.807, 2.05) is 36.1 Å². The molecule has 1 amide bonds. The van der Waals surface area contributed by atoms with E-state index in [1.165, 1.54) is 6.42 Å². The maximum atomic E-state index is 12.6. The van der Waals surface area contributed by atoms with Gasteiger partial charge in [0.25, 0.3) is 0 Å². The van der Waals surface area contributed by atoms with Gasteiger partial charge in [-0.3, -0.25) is 4.79 Å². The Morgan fingerprint density at radius 2 is 2.00 bits per heavy atom. The third-order valence-electron chi connectivity index (χ3n) is 4.70. The Morgan fingerprint density at radius 1 is 1.20 bits per heavy atom. The van der Waals surface area contributed by atoms with E-state index in [2.05, 4.69) is 0 Å². The molecule has 1 aliphatic heterocycles. The van der Waals surface area contributed by atoms with Crippen LogP contribution >= 0.6 is 0 Å². The number of rotatable bonds is 9. The molecular formula is C20H29NO4. The summed E-state index contributed by atoms with van der Waals surface area (Å²) in [6.07, 6.45) is 5.69. The lowest BCUT2D eigenvalue weighted by Gasteiger charge is -2.25. The van der Waals surface area contributed by atoms with Crippen LogP contribution in [0.1, 0.15) is 44.6 Å². The van der Waals surface area contributed by atoms with Crippen molar-refractivity contribution in [3.63, 3.8) is 0 Å². The highest BCUT2D eigenvalue weighted by molar-refractivity contribution is 5.78. The highest BCUT2D eigenvalue weighted by Gasteiger charge is 2.32. The predicted molar refractivity (Wildman–Crippen MR) is 95.6 cm³/mol. The molecule has 1 aliphatic carbocycles. The van der Waals surface area contributed by atoms with Gasteiger partial charge < -0.3 is 19.1 Å². The Morgan fingerprint density at radius 3 is 2.64 bits per heavy atom. The van der Waals surface area contributed by atoms with Crippen LogP contribution in [-0.4, -0.2) is 49.4 Å². The molecule has 25 heavy (non-hydrogen) atoms. The molecule has 1 saturated heterocycles. The normalized spacial score (nSPS) is 20.3. The molecule has 2 fully saturated rings. The Balaban J connectivity index is 1.47. The molecule has 1 heterocycles. The standard InChI is InChI=1S/C20H29NO4/c1-2-24-18-10-6-16(7-11-18)13-21(17-8-9-17)20(22)15-23-14-19-5-3-4-12-25-19/h6-7,10-11,17,19H,2-5,8-9,12-15H2,1H3. The van der Waals surface area contributed by atoms with E-state index in [9.17, 15) is 4.79 Å². The van der Waals surface area contributed by atoms with Gasteiger partial charge in [0.05, 0.1) is 19.3 Å². The van der Waals surface area contributed by atoms with Gasteiger partial charge in [-0.15, -0.1) is 0 Å². The lowest BCUT2D eigenvalue weighted by molar-refractivity contribution is -0.139.